The molecule has 110 valence electrons. The molecule has 21 heavy (non-hydrogen) atoms. The first-order chi connectivity index (χ1) is 10.3. The van der Waals surface area contributed by atoms with Crippen LogP contribution in [0.5, 0.6) is 0 Å². The monoisotopic (exact) mass is 283 g/mol. The Balaban J connectivity index is 1.65. The predicted octanol–water partition coefficient (Wildman–Crippen LogP) is 3.15. The van der Waals surface area contributed by atoms with Crippen molar-refractivity contribution in [2.75, 3.05) is 10.6 Å². The van der Waals surface area contributed by atoms with Crippen LogP contribution >= 0.6 is 0 Å². The number of nitrogens with zero attached hydrogens (tertiary/aromatic N) is 3. The fraction of sp³-hybridized carbons (Fsp3) is 0.438. The molecule has 0 spiro atoms. The Morgan fingerprint density at radius 3 is 2.76 bits per heavy atom. The second kappa shape index (κ2) is 6.52. The zero-order valence-electron chi connectivity index (χ0n) is 12.3. The Morgan fingerprint density at radius 2 is 2.00 bits per heavy atom. The highest BCUT2D eigenvalue weighted by atomic mass is 15.1. The van der Waals surface area contributed by atoms with Crippen molar-refractivity contribution >= 4 is 11.6 Å². The van der Waals surface area contributed by atoms with E-state index in [2.05, 4.69) is 25.6 Å². The molecule has 2 N–H and O–H groups in total. The summed E-state index contributed by atoms with van der Waals surface area (Å²) < 4.78 is 0. The minimum absolute atomic E-state index is 0.561. The summed E-state index contributed by atoms with van der Waals surface area (Å²) in [6.07, 6.45) is 8.74. The zero-order valence-corrected chi connectivity index (χ0v) is 12.3. The molecule has 1 aliphatic carbocycles. The maximum absolute atomic E-state index is 4.48. The summed E-state index contributed by atoms with van der Waals surface area (Å²) >= 11 is 0. The molecule has 0 saturated heterocycles. The third-order valence-electron chi connectivity index (χ3n) is 3.74. The van der Waals surface area contributed by atoms with Crippen molar-refractivity contribution in [2.24, 2.45) is 0 Å². The van der Waals surface area contributed by atoms with E-state index >= 15 is 0 Å². The van der Waals surface area contributed by atoms with Crippen LogP contribution in [0.3, 0.4) is 0 Å². The van der Waals surface area contributed by atoms with Gasteiger partial charge in [-0.1, -0.05) is 18.9 Å². The minimum atomic E-state index is 0.561. The van der Waals surface area contributed by atoms with E-state index in [-0.39, 0.29) is 0 Å². The van der Waals surface area contributed by atoms with E-state index in [1.807, 2.05) is 31.3 Å². The fourth-order valence-electron chi connectivity index (χ4n) is 2.71. The molecular formula is C16H21N5. The lowest BCUT2D eigenvalue weighted by molar-refractivity contribution is 0.748. The van der Waals surface area contributed by atoms with Gasteiger partial charge in [0, 0.05) is 31.0 Å². The first kappa shape index (κ1) is 13.8. The van der Waals surface area contributed by atoms with E-state index < -0.39 is 0 Å². The summed E-state index contributed by atoms with van der Waals surface area (Å²) in [5.74, 6) is 2.56. The Kier molecular flexibility index (Phi) is 4.28. The van der Waals surface area contributed by atoms with Gasteiger partial charge in [-0.05, 0) is 31.4 Å². The molecule has 0 radical (unpaired) electrons. The van der Waals surface area contributed by atoms with Gasteiger partial charge in [0.05, 0.1) is 0 Å². The van der Waals surface area contributed by atoms with Gasteiger partial charge in [0.15, 0.2) is 0 Å². The first-order valence-electron chi connectivity index (χ1n) is 7.54. The van der Waals surface area contributed by atoms with Crippen LogP contribution in [0.2, 0.25) is 0 Å². The van der Waals surface area contributed by atoms with Gasteiger partial charge in [0.25, 0.3) is 0 Å². The van der Waals surface area contributed by atoms with Gasteiger partial charge in [0.2, 0.25) is 0 Å². The number of hydrogen-bond acceptors (Lipinski definition) is 5. The number of aromatic nitrogens is 3. The van der Waals surface area contributed by atoms with E-state index in [9.17, 15) is 0 Å². The molecule has 5 heteroatoms. The van der Waals surface area contributed by atoms with Crippen molar-refractivity contribution in [1.82, 2.24) is 15.0 Å². The number of pyridine rings is 1. The summed E-state index contributed by atoms with van der Waals surface area (Å²) in [6.45, 7) is 2.64. The van der Waals surface area contributed by atoms with Crippen molar-refractivity contribution in [3.05, 3.63) is 42.0 Å². The average Bonchev–Trinajstić information content (AvgIpc) is 2.99. The second-order valence-corrected chi connectivity index (χ2v) is 5.53. The minimum Gasteiger partial charge on any atom is -0.367 e. The Hall–Kier alpha value is -2.17. The van der Waals surface area contributed by atoms with E-state index in [0.29, 0.717) is 12.6 Å². The maximum atomic E-state index is 4.48. The molecular weight excluding hydrogens is 262 g/mol. The zero-order chi connectivity index (χ0) is 14.5. The van der Waals surface area contributed by atoms with E-state index in [0.717, 1.165) is 23.0 Å². The van der Waals surface area contributed by atoms with Crippen LogP contribution in [-0.4, -0.2) is 21.0 Å². The summed E-state index contributed by atoms with van der Waals surface area (Å²) in [5.41, 5.74) is 1.14. The molecule has 0 unspecified atom stereocenters. The SMILES string of the molecule is Cc1nc(NCc2cccnc2)cc(NC2CCCC2)n1. The number of nitrogens with one attached hydrogen (secondary N) is 2. The van der Waals surface area contributed by atoms with Crippen LogP contribution in [0.1, 0.15) is 37.1 Å². The van der Waals surface area contributed by atoms with Crippen molar-refractivity contribution in [3.63, 3.8) is 0 Å². The summed E-state index contributed by atoms with van der Waals surface area (Å²) in [6, 6.07) is 6.54. The number of aryl methyl sites for hydroxylation is 1. The van der Waals surface area contributed by atoms with Crippen molar-refractivity contribution in [2.45, 2.75) is 45.2 Å². The van der Waals surface area contributed by atoms with Crippen molar-refractivity contribution < 1.29 is 0 Å². The van der Waals surface area contributed by atoms with Gasteiger partial charge in [0.1, 0.15) is 17.5 Å². The lowest BCUT2D eigenvalue weighted by atomic mass is 10.2. The molecule has 0 amide bonds. The van der Waals surface area contributed by atoms with Crippen LogP contribution in [0, 0.1) is 6.92 Å². The van der Waals surface area contributed by atoms with Gasteiger partial charge >= 0.3 is 0 Å². The Labute approximate surface area is 125 Å². The fourth-order valence-corrected chi connectivity index (χ4v) is 2.71. The van der Waals surface area contributed by atoms with Crippen LogP contribution < -0.4 is 10.6 Å². The van der Waals surface area contributed by atoms with E-state index in [1.54, 1.807) is 6.20 Å². The topological polar surface area (TPSA) is 62.7 Å². The molecule has 3 rings (SSSR count). The summed E-state index contributed by atoms with van der Waals surface area (Å²) in [7, 11) is 0. The third kappa shape index (κ3) is 3.90. The van der Waals surface area contributed by atoms with Crippen LogP contribution in [0.25, 0.3) is 0 Å². The Morgan fingerprint density at radius 1 is 1.19 bits per heavy atom. The standard InChI is InChI=1S/C16H21N5/c1-12-19-15(18-11-13-5-4-8-17-10-13)9-16(20-12)21-14-6-2-3-7-14/h4-5,8-10,14H,2-3,6-7,11H2,1H3,(H2,18,19,20,21). The Bertz CT molecular complexity index is 578. The third-order valence-corrected chi connectivity index (χ3v) is 3.74. The van der Waals surface area contributed by atoms with Crippen LogP contribution in [0.4, 0.5) is 11.6 Å². The highest BCUT2D eigenvalue weighted by molar-refractivity contribution is 5.48. The quantitative estimate of drug-likeness (QED) is 0.882. The molecule has 2 aromatic heterocycles. The molecule has 0 aliphatic heterocycles. The summed E-state index contributed by atoms with van der Waals surface area (Å²) in [4.78, 5) is 13.0. The molecule has 2 heterocycles. The second-order valence-electron chi connectivity index (χ2n) is 5.53. The molecule has 1 saturated carbocycles. The molecule has 2 aromatic rings. The maximum Gasteiger partial charge on any atom is 0.132 e. The van der Waals surface area contributed by atoms with Crippen LogP contribution in [-0.2, 0) is 6.54 Å². The molecule has 0 atom stereocenters. The van der Waals surface area contributed by atoms with E-state index in [4.69, 9.17) is 0 Å². The van der Waals surface area contributed by atoms with E-state index in [1.165, 1.54) is 25.7 Å². The van der Waals surface area contributed by atoms with Gasteiger partial charge in [-0.2, -0.15) is 0 Å². The largest absolute Gasteiger partial charge is 0.367 e. The lowest BCUT2D eigenvalue weighted by Crippen LogP contribution is -2.16. The van der Waals surface area contributed by atoms with Gasteiger partial charge < -0.3 is 10.6 Å². The normalized spacial score (nSPS) is 15.1. The highest BCUT2D eigenvalue weighted by Gasteiger charge is 2.15. The molecule has 0 bridgehead atoms. The predicted molar refractivity (Wildman–Crippen MR) is 84.2 cm³/mol. The van der Waals surface area contributed by atoms with Gasteiger partial charge in [-0.25, -0.2) is 9.97 Å². The van der Waals surface area contributed by atoms with Crippen molar-refractivity contribution in [3.8, 4) is 0 Å². The molecule has 5 nitrogen and oxygen atoms in total. The molecule has 1 aliphatic rings. The smallest absolute Gasteiger partial charge is 0.132 e. The lowest BCUT2D eigenvalue weighted by Gasteiger charge is -2.14. The van der Waals surface area contributed by atoms with Gasteiger partial charge in [-0.3, -0.25) is 4.98 Å². The highest BCUT2D eigenvalue weighted by Crippen LogP contribution is 2.22. The molecule has 1 fully saturated rings. The number of rotatable bonds is 5. The van der Waals surface area contributed by atoms with Gasteiger partial charge in [-0.15, -0.1) is 0 Å². The van der Waals surface area contributed by atoms with Crippen molar-refractivity contribution in [1.29, 1.82) is 0 Å². The van der Waals surface area contributed by atoms with Crippen LogP contribution in [0.15, 0.2) is 30.6 Å². The molecule has 0 aromatic carbocycles. The summed E-state index contributed by atoms with van der Waals surface area (Å²) in [5, 5.41) is 6.85. The average molecular weight is 283 g/mol. The number of anilines is 2. The first-order valence-corrected chi connectivity index (χ1v) is 7.54. The number of hydrogen-bond donors (Lipinski definition) is 2.